The summed E-state index contributed by atoms with van der Waals surface area (Å²) in [5, 5.41) is 5.57. The van der Waals surface area contributed by atoms with Gasteiger partial charge in [0.1, 0.15) is 5.82 Å². The maximum Gasteiger partial charge on any atom is 0.257 e. The second-order valence-corrected chi connectivity index (χ2v) is 8.87. The molecule has 0 bridgehead atoms. The Labute approximate surface area is 194 Å². The van der Waals surface area contributed by atoms with Gasteiger partial charge in [0.05, 0.1) is 12.1 Å². The number of amides is 2. The summed E-state index contributed by atoms with van der Waals surface area (Å²) in [6.07, 6.45) is 0.180. The second-order valence-electron chi connectivity index (χ2n) is 7.58. The van der Waals surface area contributed by atoms with Crippen LogP contribution in [0.25, 0.3) is 0 Å². The first-order chi connectivity index (χ1) is 15.4. The van der Waals surface area contributed by atoms with Crippen molar-refractivity contribution in [2.75, 3.05) is 36.4 Å². The van der Waals surface area contributed by atoms with Crippen LogP contribution in [-0.4, -0.2) is 47.9 Å². The summed E-state index contributed by atoms with van der Waals surface area (Å²) in [5.41, 5.74) is 3.21. The number of halogens is 2. The van der Waals surface area contributed by atoms with Gasteiger partial charge in [-0.15, -0.1) is 11.3 Å². The highest BCUT2D eigenvalue weighted by molar-refractivity contribution is 7.14. The first-order valence-corrected chi connectivity index (χ1v) is 11.4. The van der Waals surface area contributed by atoms with E-state index in [1.54, 1.807) is 5.38 Å². The van der Waals surface area contributed by atoms with Gasteiger partial charge in [0.2, 0.25) is 5.91 Å². The van der Waals surface area contributed by atoms with E-state index in [1.165, 1.54) is 35.6 Å². The number of aryl methyl sites for hydroxylation is 1. The van der Waals surface area contributed by atoms with Gasteiger partial charge in [-0.3, -0.25) is 14.9 Å². The van der Waals surface area contributed by atoms with Gasteiger partial charge in [0.15, 0.2) is 5.13 Å². The lowest BCUT2D eigenvalue weighted by molar-refractivity contribution is -0.130. The molecule has 1 aliphatic rings. The van der Waals surface area contributed by atoms with Gasteiger partial charge in [-0.25, -0.2) is 9.37 Å². The highest BCUT2D eigenvalue weighted by atomic mass is 35.5. The molecular formula is C23H22ClFN4O2S. The Bertz CT molecular complexity index is 1130. The van der Waals surface area contributed by atoms with Crippen LogP contribution in [0.5, 0.6) is 0 Å². The van der Waals surface area contributed by atoms with Gasteiger partial charge in [0, 0.05) is 47.8 Å². The van der Waals surface area contributed by atoms with Gasteiger partial charge in [-0.2, -0.15) is 0 Å². The number of nitrogens with one attached hydrogen (secondary N) is 1. The highest BCUT2D eigenvalue weighted by Gasteiger charge is 2.23. The molecule has 0 radical (unpaired) electrons. The van der Waals surface area contributed by atoms with E-state index in [9.17, 15) is 14.0 Å². The molecule has 32 heavy (non-hydrogen) atoms. The number of nitrogens with zero attached hydrogens (tertiary/aromatic N) is 3. The third-order valence-electron chi connectivity index (χ3n) is 5.36. The van der Waals surface area contributed by atoms with Crippen LogP contribution >= 0.6 is 22.9 Å². The van der Waals surface area contributed by atoms with Crippen LogP contribution in [-0.2, 0) is 11.2 Å². The van der Waals surface area contributed by atoms with Crippen molar-refractivity contribution in [2.45, 2.75) is 13.3 Å². The fourth-order valence-electron chi connectivity index (χ4n) is 3.60. The Morgan fingerprint density at radius 3 is 2.56 bits per heavy atom. The number of hydrogen-bond donors (Lipinski definition) is 1. The highest BCUT2D eigenvalue weighted by Crippen LogP contribution is 2.25. The number of hydrogen-bond acceptors (Lipinski definition) is 5. The van der Waals surface area contributed by atoms with Gasteiger partial charge < -0.3 is 9.80 Å². The maximum atomic E-state index is 13.0. The minimum Gasteiger partial charge on any atom is -0.368 e. The standard InChI is InChI=1S/C23H22ClFN4O2S/c1-15-2-5-17(24)12-20(15)28-8-10-29(11-9-28)21(30)13-19-14-32-23(26-19)27-22(31)16-3-6-18(25)7-4-16/h2-7,12,14H,8-11,13H2,1H3,(H,26,27,31). The fraction of sp³-hybridized carbons (Fsp3) is 0.261. The van der Waals surface area contributed by atoms with Gasteiger partial charge in [-0.05, 0) is 48.9 Å². The lowest BCUT2D eigenvalue weighted by Crippen LogP contribution is -2.49. The second kappa shape index (κ2) is 9.67. The van der Waals surface area contributed by atoms with Crippen LogP contribution in [0.3, 0.4) is 0 Å². The first-order valence-electron chi connectivity index (χ1n) is 10.2. The predicted octanol–water partition coefficient (Wildman–Crippen LogP) is 4.39. The Balaban J connectivity index is 1.30. The molecule has 166 valence electrons. The summed E-state index contributed by atoms with van der Waals surface area (Å²) >= 11 is 7.40. The summed E-state index contributed by atoms with van der Waals surface area (Å²) < 4.78 is 13.0. The van der Waals surface area contributed by atoms with Crippen LogP contribution in [0.1, 0.15) is 21.6 Å². The normalized spacial score (nSPS) is 13.8. The molecule has 3 aromatic rings. The molecule has 1 N–H and O–H groups in total. The molecule has 1 saturated heterocycles. The summed E-state index contributed by atoms with van der Waals surface area (Å²) in [5.74, 6) is -0.765. The van der Waals surface area contributed by atoms with Crippen molar-refractivity contribution in [3.63, 3.8) is 0 Å². The van der Waals surface area contributed by atoms with Crippen LogP contribution < -0.4 is 10.2 Å². The Hall–Kier alpha value is -2.97. The van der Waals surface area contributed by atoms with Crippen molar-refractivity contribution in [2.24, 2.45) is 0 Å². The van der Waals surface area contributed by atoms with E-state index in [0.717, 1.165) is 24.3 Å². The lowest BCUT2D eigenvalue weighted by Gasteiger charge is -2.36. The van der Waals surface area contributed by atoms with Crippen molar-refractivity contribution in [1.29, 1.82) is 0 Å². The average molecular weight is 473 g/mol. The van der Waals surface area contributed by atoms with E-state index < -0.39 is 5.82 Å². The molecule has 6 nitrogen and oxygen atoms in total. The van der Waals surface area contributed by atoms with E-state index in [0.29, 0.717) is 34.5 Å². The smallest absolute Gasteiger partial charge is 0.257 e. The van der Waals surface area contributed by atoms with Crippen LogP contribution in [0.15, 0.2) is 47.8 Å². The molecule has 1 fully saturated rings. The molecule has 0 atom stereocenters. The van der Waals surface area contributed by atoms with Crippen molar-refractivity contribution in [1.82, 2.24) is 9.88 Å². The van der Waals surface area contributed by atoms with Crippen molar-refractivity contribution < 1.29 is 14.0 Å². The average Bonchev–Trinajstić information content (AvgIpc) is 3.22. The number of carbonyl (C=O) groups is 2. The van der Waals surface area contributed by atoms with Crippen LogP contribution in [0, 0.1) is 12.7 Å². The van der Waals surface area contributed by atoms with E-state index in [1.807, 2.05) is 23.1 Å². The summed E-state index contributed by atoms with van der Waals surface area (Å²) in [7, 11) is 0. The number of aromatic nitrogens is 1. The van der Waals surface area contributed by atoms with E-state index in [4.69, 9.17) is 11.6 Å². The van der Waals surface area contributed by atoms with Crippen molar-refractivity contribution >= 4 is 45.6 Å². The molecule has 1 aliphatic heterocycles. The monoisotopic (exact) mass is 472 g/mol. The first kappa shape index (κ1) is 22.2. The molecule has 0 aliphatic carbocycles. The third kappa shape index (κ3) is 5.26. The molecular weight excluding hydrogens is 451 g/mol. The molecule has 2 amide bonds. The molecule has 0 unspecified atom stereocenters. The zero-order valence-electron chi connectivity index (χ0n) is 17.5. The number of anilines is 2. The fourth-order valence-corrected chi connectivity index (χ4v) is 4.47. The Kier molecular flexibility index (Phi) is 6.72. The molecule has 2 aromatic carbocycles. The molecule has 9 heteroatoms. The molecule has 4 rings (SSSR count). The SMILES string of the molecule is Cc1ccc(Cl)cc1N1CCN(C(=O)Cc2csc(NC(=O)c3ccc(F)cc3)n2)CC1. The van der Waals surface area contributed by atoms with E-state index in [-0.39, 0.29) is 18.2 Å². The summed E-state index contributed by atoms with van der Waals surface area (Å²) in [4.78, 5) is 33.4. The van der Waals surface area contributed by atoms with Gasteiger partial charge in [0.25, 0.3) is 5.91 Å². The Morgan fingerprint density at radius 1 is 1.12 bits per heavy atom. The zero-order chi connectivity index (χ0) is 22.7. The lowest BCUT2D eigenvalue weighted by atomic mass is 10.1. The minimum absolute atomic E-state index is 0.00850. The number of piperazine rings is 1. The van der Waals surface area contributed by atoms with Crippen molar-refractivity contribution in [3.05, 3.63) is 75.5 Å². The zero-order valence-corrected chi connectivity index (χ0v) is 19.0. The minimum atomic E-state index is -0.403. The third-order valence-corrected chi connectivity index (χ3v) is 6.40. The quantitative estimate of drug-likeness (QED) is 0.598. The van der Waals surface area contributed by atoms with Crippen LogP contribution in [0.2, 0.25) is 5.02 Å². The summed E-state index contributed by atoms with van der Waals surface area (Å²) in [6.45, 7) is 4.79. The van der Waals surface area contributed by atoms with Crippen molar-refractivity contribution in [3.8, 4) is 0 Å². The largest absolute Gasteiger partial charge is 0.368 e. The number of rotatable bonds is 5. The number of thiazole rings is 1. The molecule has 2 heterocycles. The van der Waals surface area contributed by atoms with Gasteiger partial charge in [-0.1, -0.05) is 17.7 Å². The van der Waals surface area contributed by atoms with E-state index >= 15 is 0 Å². The topological polar surface area (TPSA) is 65.5 Å². The summed E-state index contributed by atoms with van der Waals surface area (Å²) in [6, 6.07) is 11.1. The molecule has 1 aromatic heterocycles. The number of carbonyl (C=O) groups excluding carboxylic acids is 2. The Morgan fingerprint density at radius 2 is 1.84 bits per heavy atom. The van der Waals surface area contributed by atoms with Gasteiger partial charge >= 0.3 is 0 Å². The molecule has 0 saturated carbocycles. The molecule has 0 spiro atoms. The van der Waals surface area contributed by atoms with Crippen LogP contribution in [0.4, 0.5) is 15.2 Å². The maximum absolute atomic E-state index is 13.0. The predicted molar refractivity (Wildman–Crippen MR) is 125 cm³/mol. The van der Waals surface area contributed by atoms with E-state index in [2.05, 4.69) is 22.1 Å². The number of benzene rings is 2.